The first-order valence-electron chi connectivity index (χ1n) is 6.10. The van der Waals surface area contributed by atoms with Crippen LogP contribution in [0.5, 0.6) is 0 Å². The molecule has 1 aliphatic heterocycles. The molecule has 0 amide bonds. The summed E-state index contributed by atoms with van der Waals surface area (Å²) in [5.41, 5.74) is 0. The van der Waals surface area contributed by atoms with Gasteiger partial charge in [-0.05, 0) is 25.2 Å². The highest BCUT2D eigenvalue weighted by atomic mass is 35.5. The van der Waals surface area contributed by atoms with Gasteiger partial charge in [0.2, 0.25) is 10.0 Å². The second-order valence-corrected chi connectivity index (χ2v) is 7.26. The van der Waals surface area contributed by atoms with Crippen molar-refractivity contribution < 1.29 is 13.2 Å². The molecule has 1 saturated heterocycles. The maximum atomic E-state index is 12.1. The van der Waals surface area contributed by atoms with Gasteiger partial charge in [-0.1, -0.05) is 13.8 Å². The van der Waals surface area contributed by atoms with E-state index in [4.69, 9.17) is 16.3 Å². The molecule has 4 nitrogen and oxygen atoms in total. The van der Waals surface area contributed by atoms with Crippen molar-refractivity contribution in [2.75, 3.05) is 19.1 Å². The third-order valence-corrected chi connectivity index (χ3v) is 5.26. The summed E-state index contributed by atoms with van der Waals surface area (Å²) in [6.45, 7) is 5.17. The van der Waals surface area contributed by atoms with Crippen molar-refractivity contribution in [2.24, 2.45) is 5.92 Å². The van der Waals surface area contributed by atoms with E-state index in [1.165, 1.54) is 0 Å². The summed E-state index contributed by atoms with van der Waals surface area (Å²) in [6.07, 6.45) is 1.92. The van der Waals surface area contributed by atoms with Gasteiger partial charge in [-0.25, -0.2) is 13.1 Å². The Labute approximate surface area is 109 Å². The SMILES string of the molecule is CC(C)CC(CCl)NS(=O)(=O)C1CCOCC1. The molecule has 0 saturated carbocycles. The van der Waals surface area contributed by atoms with E-state index in [-0.39, 0.29) is 11.3 Å². The third kappa shape index (κ3) is 5.12. The first kappa shape index (κ1) is 15.2. The molecule has 17 heavy (non-hydrogen) atoms. The lowest BCUT2D eigenvalue weighted by atomic mass is 10.1. The van der Waals surface area contributed by atoms with E-state index >= 15 is 0 Å². The summed E-state index contributed by atoms with van der Waals surface area (Å²) in [5, 5.41) is -0.325. The minimum Gasteiger partial charge on any atom is -0.381 e. The van der Waals surface area contributed by atoms with Crippen LogP contribution in [0.1, 0.15) is 33.1 Å². The lowest BCUT2D eigenvalue weighted by Gasteiger charge is -2.25. The van der Waals surface area contributed by atoms with Gasteiger partial charge in [0.1, 0.15) is 0 Å². The van der Waals surface area contributed by atoms with Gasteiger partial charge in [0.15, 0.2) is 0 Å². The molecule has 1 atom stereocenters. The predicted octanol–water partition coefficient (Wildman–Crippen LogP) is 1.74. The van der Waals surface area contributed by atoms with E-state index in [1.807, 2.05) is 0 Å². The molecule has 6 heteroatoms. The zero-order chi connectivity index (χ0) is 12.9. The van der Waals surface area contributed by atoms with Crippen LogP contribution in [0.3, 0.4) is 0 Å². The second-order valence-electron chi connectivity index (χ2n) is 4.96. The highest BCUT2D eigenvalue weighted by molar-refractivity contribution is 7.90. The van der Waals surface area contributed by atoms with Crippen LogP contribution >= 0.6 is 11.6 Å². The van der Waals surface area contributed by atoms with Crippen molar-refractivity contribution in [1.29, 1.82) is 0 Å². The van der Waals surface area contributed by atoms with Crippen molar-refractivity contribution in [2.45, 2.75) is 44.4 Å². The lowest BCUT2D eigenvalue weighted by molar-refractivity contribution is 0.0980. The monoisotopic (exact) mass is 283 g/mol. The number of rotatable bonds is 6. The molecule has 0 aromatic carbocycles. The van der Waals surface area contributed by atoms with Gasteiger partial charge >= 0.3 is 0 Å². The first-order valence-corrected chi connectivity index (χ1v) is 8.18. The average Bonchev–Trinajstić information content (AvgIpc) is 2.28. The van der Waals surface area contributed by atoms with Crippen molar-refractivity contribution in [1.82, 2.24) is 4.72 Å². The average molecular weight is 284 g/mol. The van der Waals surface area contributed by atoms with E-state index in [1.54, 1.807) is 0 Å². The smallest absolute Gasteiger partial charge is 0.214 e. The quantitative estimate of drug-likeness (QED) is 0.756. The molecule has 0 radical (unpaired) electrons. The second kappa shape index (κ2) is 6.92. The van der Waals surface area contributed by atoms with Crippen LogP contribution in [-0.2, 0) is 14.8 Å². The summed E-state index contributed by atoms with van der Waals surface area (Å²) in [4.78, 5) is 0. The summed E-state index contributed by atoms with van der Waals surface area (Å²) < 4.78 is 32.1. The van der Waals surface area contributed by atoms with E-state index in [9.17, 15) is 8.42 Å². The van der Waals surface area contributed by atoms with Crippen LogP contribution in [0.25, 0.3) is 0 Å². The normalized spacial score (nSPS) is 20.7. The predicted molar refractivity (Wildman–Crippen MR) is 69.9 cm³/mol. The molecule has 1 fully saturated rings. The Morgan fingerprint density at radius 2 is 1.94 bits per heavy atom. The molecule has 1 N–H and O–H groups in total. The molecule has 1 heterocycles. The molecule has 0 spiro atoms. The molecule has 1 unspecified atom stereocenters. The Kier molecular flexibility index (Phi) is 6.20. The van der Waals surface area contributed by atoms with E-state index < -0.39 is 10.0 Å². The van der Waals surface area contributed by atoms with Crippen LogP contribution in [0, 0.1) is 5.92 Å². The molecule has 102 valence electrons. The minimum absolute atomic E-state index is 0.162. The van der Waals surface area contributed by atoms with Gasteiger partial charge in [-0.15, -0.1) is 11.6 Å². The number of hydrogen-bond donors (Lipinski definition) is 1. The van der Waals surface area contributed by atoms with Crippen LogP contribution in [0.2, 0.25) is 0 Å². The Morgan fingerprint density at radius 3 is 2.41 bits per heavy atom. The summed E-state index contributed by atoms with van der Waals surface area (Å²) in [6, 6.07) is -0.162. The minimum atomic E-state index is -3.25. The topological polar surface area (TPSA) is 55.4 Å². The Morgan fingerprint density at radius 1 is 1.35 bits per heavy atom. The number of sulfonamides is 1. The number of ether oxygens (including phenoxy) is 1. The van der Waals surface area contributed by atoms with E-state index in [0.29, 0.717) is 37.9 Å². The number of nitrogens with one attached hydrogen (secondary N) is 1. The molecule has 0 bridgehead atoms. The first-order chi connectivity index (χ1) is 7.95. The number of alkyl halides is 1. The van der Waals surface area contributed by atoms with Gasteiger partial charge < -0.3 is 4.74 Å². The number of hydrogen-bond acceptors (Lipinski definition) is 3. The fraction of sp³-hybridized carbons (Fsp3) is 1.00. The molecular weight excluding hydrogens is 262 g/mol. The molecule has 0 aromatic heterocycles. The van der Waals surface area contributed by atoms with E-state index in [2.05, 4.69) is 18.6 Å². The molecular formula is C11H22ClNO3S. The van der Waals surface area contributed by atoms with Crippen molar-refractivity contribution in [3.05, 3.63) is 0 Å². The fourth-order valence-corrected chi connectivity index (χ4v) is 3.97. The number of halogens is 1. The Hall–Kier alpha value is 0.160. The molecule has 1 rings (SSSR count). The largest absolute Gasteiger partial charge is 0.381 e. The lowest BCUT2D eigenvalue weighted by Crippen LogP contribution is -2.44. The third-order valence-electron chi connectivity index (χ3n) is 2.88. The van der Waals surface area contributed by atoms with Crippen molar-refractivity contribution >= 4 is 21.6 Å². The maximum Gasteiger partial charge on any atom is 0.214 e. The fourth-order valence-electron chi connectivity index (χ4n) is 2.03. The van der Waals surface area contributed by atoms with Gasteiger partial charge in [-0.3, -0.25) is 0 Å². The summed E-state index contributed by atoms with van der Waals surface area (Å²) in [5.74, 6) is 0.747. The molecule has 0 aliphatic carbocycles. The Balaban J connectivity index is 2.56. The van der Waals surface area contributed by atoms with Crippen LogP contribution in [0.15, 0.2) is 0 Å². The highest BCUT2D eigenvalue weighted by Crippen LogP contribution is 2.16. The van der Waals surface area contributed by atoms with Crippen LogP contribution in [-0.4, -0.2) is 38.8 Å². The zero-order valence-electron chi connectivity index (χ0n) is 10.5. The highest BCUT2D eigenvalue weighted by Gasteiger charge is 2.29. The van der Waals surface area contributed by atoms with Crippen molar-refractivity contribution in [3.63, 3.8) is 0 Å². The molecule has 1 aliphatic rings. The summed E-state index contributed by atoms with van der Waals surface area (Å²) in [7, 11) is -3.25. The van der Waals surface area contributed by atoms with Gasteiger partial charge in [0, 0.05) is 25.1 Å². The summed E-state index contributed by atoms with van der Waals surface area (Å²) >= 11 is 5.80. The van der Waals surface area contributed by atoms with E-state index in [0.717, 1.165) is 6.42 Å². The molecule has 0 aromatic rings. The van der Waals surface area contributed by atoms with Crippen LogP contribution in [0.4, 0.5) is 0 Å². The standard InChI is InChI=1S/C11H22ClNO3S/c1-9(2)7-10(8-12)13-17(14,15)11-3-5-16-6-4-11/h9-11,13H,3-8H2,1-2H3. The van der Waals surface area contributed by atoms with Gasteiger partial charge in [0.25, 0.3) is 0 Å². The maximum absolute atomic E-state index is 12.1. The van der Waals surface area contributed by atoms with Gasteiger partial charge in [0.05, 0.1) is 5.25 Å². The van der Waals surface area contributed by atoms with Crippen molar-refractivity contribution in [3.8, 4) is 0 Å². The zero-order valence-corrected chi connectivity index (χ0v) is 12.1. The van der Waals surface area contributed by atoms with Crippen LogP contribution < -0.4 is 4.72 Å². The van der Waals surface area contributed by atoms with Gasteiger partial charge in [-0.2, -0.15) is 0 Å². The Bertz CT molecular complexity index is 313.